The molecular formula is C17H16N2S. The van der Waals surface area contributed by atoms with Gasteiger partial charge in [-0.15, -0.1) is 11.8 Å². The average molecular weight is 280 g/mol. The zero-order valence-electron chi connectivity index (χ0n) is 11.3. The summed E-state index contributed by atoms with van der Waals surface area (Å²) in [4.78, 5) is 5.46. The van der Waals surface area contributed by atoms with Crippen molar-refractivity contribution in [1.29, 1.82) is 0 Å². The zero-order valence-corrected chi connectivity index (χ0v) is 12.2. The predicted octanol–water partition coefficient (Wildman–Crippen LogP) is 4.57. The molecule has 0 fully saturated rings. The molecular weight excluding hydrogens is 264 g/mol. The van der Waals surface area contributed by atoms with Crippen molar-refractivity contribution in [2.45, 2.75) is 11.4 Å². The van der Waals surface area contributed by atoms with E-state index in [0.29, 0.717) is 0 Å². The van der Waals surface area contributed by atoms with Gasteiger partial charge in [0.2, 0.25) is 0 Å². The first kappa shape index (κ1) is 13.0. The molecule has 0 aliphatic heterocycles. The number of anilines is 1. The molecule has 0 spiro atoms. The summed E-state index contributed by atoms with van der Waals surface area (Å²) in [6.45, 7) is 0.829. The molecule has 0 aliphatic rings. The Morgan fingerprint density at radius 3 is 2.70 bits per heavy atom. The Morgan fingerprint density at radius 1 is 1.05 bits per heavy atom. The maximum atomic E-state index is 4.16. The van der Waals surface area contributed by atoms with Crippen LogP contribution in [0.15, 0.2) is 65.8 Å². The molecule has 1 N–H and O–H groups in total. The number of nitrogens with one attached hydrogen (secondary N) is 1. The first-order valence-corrected chi connectivity index (χ1v) is 7.79. The Labute approximate surface area is 123 Å². The van der Waals surface area contributed by atoms with Crippen LogP contribution in [0.5, 0.6) is 0 Å². The van der Waals surface area contributed by atoms with Gasteiger partial charge in [0.05, 0.1) is 0 Å². The second-order valence-corrected chi connectivity index (χ2v) is 5.48. The summed E-state index contributed by atoms with van der Waals surface area (Å²) in [5.74, 6) is 0. The van der Waals surface area contributed by atoms with Gasteiger partial charge in [-0.25, -0.2) is 0 Å². The van der Waals surface area contributed by atoms with Gasteiger partial charge in [0.15, 0.2) is 0 Å². The average Bonchev–Trinajstić information content (AvgIpc) is 2.53. The van der Waals surface area contributed by atoms with E-state index in [1.54, 1.807) is 11.8 Å². The van der Waals surface area contributed by atoms with Crippen molar-refractivity contribution >= 4 is 28.2 Å². The van der Waals surface area contributed by atoms with Crippen LogP contribution in [-0.2, 0) is 6.54 Å². The molecule has 3 aromatic rings. The van der Waals surface area contributed by atoms with Gasteiger partial charge in [0.25, 0.3) is 0 Å². The lowest BCUT2D eigenvalue weighted by Crippen LogP contribution is -1.99. The second-order valence-electron chi connectivity index (χ2n) is 4.60. The fourth-order valence-electron chi connectivity index (χ4n) is 2.22. The fourth-order valence-corrected chi connectivity index (χ4v) is 2.63. The van der Waals surface area contributed by atoms with E-state index in [-0.39, 0.29) is 0 Å². The molecule has 0 radical (unpaired) electrons. The molecule has 0 atom stereocenters. The maximum absolute atomic E-state index is 4.16. The lowest BCUT2D eigenvalue weighted by Gasteiger charge is -2.10. The number of pyridine rings is 1. The minimum atomic E-state index is 0.829. The summed E-state index contributed by atoms with van der Waals surface area (Å²) in [6, 6.07) is 17.0. The number of nitrogens with zero attached hydrogens (tertiary/aromatic N) is 1. The molecule has 20 heavy (non-hydrogen) atoms. The highest BCUT2D eigenvalue weighted by Gasteiger charge is 2.00. The molecule has 0 saturated heterocycles. The summed E-state index contributed by atoms with van der Waals surface area (Å²) < 4.78 is 0. The first-order valence-electron chi connectivity index (χ1n) is 6.56. The van der Waals surface area contributed by atoms with Crippen LogP contribution >= 0.6 is 11.8 Å². The summed E-state index contributed by atoms with van der Waals surface area (Å²) in [6.07, 6.45) is 5.83. The van der Waals surface area contributed by atoms with Crippen molar-refractivity contribution in [3.05, 3.63) is 66.5 Å². The first-order chi connectivity index (χ1) is 9.86. The third-order valence-electron chi connectivity index (χ3n) is 3.32. The Hall–Kier alpha value is -2.00. The SMILES string of the molecule is CSc1ccc(CNc2cccc3cnccc23)cc1. The molecule has 1 aromatic heterocycles. The van der Waals surface area contributed by atoms with Gasteiger partial charge in [-0.05, 0) is 36.1 Å². The Kier molecular flexibility index (Phi) is 3.88. The topological polar surface area (TPSA) is 24.9 Å². The van der Waals surface area contributed by atoms with Gasteiger partial charge < -0.3 is 5.32 Å². The Morgan fingerprint density at radius 2 is 1.90 bits per heavy atom. The molecule has 0 bridgehead atoms. The van der Waals surface area contributed by atoms with Gasteiger partial charge in [-0.2, -0.15) is 0 Å². The van der Waals surface area contributed by atoms with Crippen molar-refractivity contribution in [2.75, 3.05) is 11.6 Å². The summed E-state index contributed by atoms with van der Waals surface area (Å²) in [5.41, 5.74) is 2.44. The number of rotatable bonds is 4. The van der Waals surface area contributed by atoms with Crippen molar-refractivity contribution in [1.82, 2.24) is 4.98 Å². The molecule has 0 saturated carbocycles. The van der Waals surface area contributed by atoms with Gasteiger partial charge in [-0.1, -0.05) is 24.3 Å². The van der Waals surface area contributed by atoms with Crippen molar-refractivity contribution in [3.8, 4) is 0 Å². The molecule has 3 heteroatoms. The van der Waals surface area contributed by atoms with Crippen LogP contribution in [0, 0.1) is 0 Å². The highest BCUT2D eigenvalue weighted by atomic mass is 32.2. The number of benzene rings is 2. The standard InChI is InChI=1S/C17H16N2S/c1-20-15-7-5-13(6-8-15)11-19-17-4-2-3-14-12-18-10-9-16(14)17/h2-10,12,19H,11H2,1H3. The lowest BCUT2D eigenvalue weighted by atomic mass is 10.1. The molecule has 0 amide bonds. The van der Waals surface area contributed by atoms with Gasteiger partial charge >= 0.3 is 0 Å². The molecule has 1 heterocycles. The minimum Gasteiger partial charge on any atom is -0.380 e. The summed E-state index contributed by atoms with van der Waals surface area (Å²) in [5, 5.41) is 5.88. The molecule has 3 rings (SSSR count). The summed E-state index contributed by atoms with van der Waals surface area (Å²) >= 11 is 1.77. The molecule has 0 aliphatic carbocycles. The van der Waals surface area contributed by atoms with E-state index >= 15 is 0 Å². The van der Waals surface area contributed by atoms with E-state index in [2.05, 4.69) is 65.1 Å². The third-order valence-corrected chi connectivity index (χ3v) is 4.07. The monoisotopic (exact) mass is 280 g/mol. The van der Waals surface area contributed by atoms with E-state index in [4.69, 9.17) is 0 Å². The number of thioether (sulfide) groups is 1. The smallest absolute Gasteiger partial charge is 0.0423 e. The van der Waals surface area contributed by atoms with Crippen LogP contribution in [0.3, 0.4) is 0 Å². The number of hydrogen-bond donors (Lipinski definition) is 1. The maximum Gasteiger partial charge on any atom is 0.0423 e. The Bertz CT molecular complexity index is 702. The van der Waals surface area contributed by atoms with Crippen molar-refractivity contribution < 1.29 is 0 Å². The number of hydrogen-bond acceptors (Lipinski definition) is 3. The third kappa shape index (κ3) is 2.78. The number of aromatic nitrogens is 1. The van der Waals surface area contributed by atoms with Gasteiger partial charge in [0.1, 0.15) is 0 Å². The van der Waals surface area contributed by atoms with Gasteiger partial charge in [0, 0.05) is 40.3 Å². The van der Waals surface area contributed by atoms with E-state index in [1.807, 2.05) is 12.4 Å². The van der Waals surface area contributed by atoms with Crippen LogP contribution < -0.4 is 5.32 Å². The fraction of sp³-hybridized carbons (Fsp3) is 0.118. The molecule has 2 aromatic carbocycles. The normalized spacial score (nSPS) is 10.7. The second kappa shape index (κ2) is 5.97. The van der Waals surface area contributed by atoms with Crippen LogP contribution in [0.25, 0.3) is 10.8 Å². The minimum absolute atomic E-state index is 0.829. The lowest BCUT2D eigenvalue weighted by molar-refractivity contribution is 1.14. The zero-order chi connectivity index (χ0) is 13.8. The van der Waals surface area contributed by atoms with Crippen LogP contribution in [0.2, 0.25) is 0 Å². The Balaban J connectivity index is 1.79. The summed E-state index contributed by atoms with van der Waals surface area (Å²) in [7, 11) is 0. The van der Waals surface area contributed by atoms with E-state index < -0.39 is 0 Å². The van der Waals surface area contributed by atoms with Gasteiger partial charge in [-0.3, -0.25) is 4.98 Å². The number of fused-ring (bicyclic) bond motifs is 1. The van der Waals surface area contributed by atoms with Crippen LogP contribution in [-0.4, -0.2) is 11.2 Å². The van der Waals surface area contributed by atoms with Crippen molar-refractivity contribution in [2.24, 2.45) is 0 Å². The van der Waals surface area contributed by atoms with E-state index in [9.17, 15) is 0 Å². The van der Waals surface area contributed by atoms with Crippen molar-refractivity contribution in [3.63, 3.8) is 0 Å². The molecule has 2 nitrogen and oxygen atoms in total. The van der Waals surface area contributed by atoms with Crippen LogP contribution in [0.1, 0.15) is 5.56 Å². The quantitative estimate of drug-likeness (QED) is 0.709. The predicted molar refractivity (Wildman–Crippen MR) is 87.3 cm³/mol. The van der Waals surface area contributed by atoms with E-state index in [1.165, 1.54) is 15.8 Å². The molecule has 100 valence electrons. The largest absolute Gasteiger partial charge is 0.380 e. The highest BCUT2D eigenvalue weighted by molar-refractivity contribution is 7.98. The van der Waals surface area contributed by atoms with Crippen LogP contribution in [0.4, 0.5) is 5.69 Å². The van der Waals surface area contributed by atoms with E-state index in [0.717, 1.165) is 17.6 Å². The molecule has 0 unspecified atom stereocenters. The highest BCUT2D eigenvalue weighted by Crippen LogP contribution is 2.23.